The summed E-state index contributed by atoms with van der Waals surface area (Å²) in [5.74, 6) is 0. The molecule has 0 radical (unpaired) electrons. The van der Waals surface area contributed by atoms with Crippen LogP contribution in [-0.2, 0) is 0 Å². The van der Waals surface area contributed by atoms with Gasteiger partial charge in [-0.1, -0.05) is 34.6 Å². The van der Waals surface area contributed by atoms with Gasteiger partial charge in [0, 0.05) is 17.4 Å². The van der Waals surface area contributed by atoms with Gasteiger partial charge in [-0.05, 0) is 0 Å². The zero-order chi connectivity index (χ0) is 9.14. The normalized spacial score (nSPS) is 10.2. The van der Waals surface area contributed by atoms with Crippen molar-refractivity contribution < 1.29 is 4.92 Å². The van der Waals surface area contributed by atoms with Gasteiger partial charge in [-0.2, -0.15) is 0 Å². The summed E-state index contributed by atoms with van der Waals surface area (Å²) in [5.41, 5.74) is 0.0151. The molecule has 0 aromatic heterocycles. The Bertz CT molecular complexity index is 305. The van der Waals surface area contributed by atoms with Gasteiger partial charge >= 0.3 is 0 Å². The Kier molecular flexibility index (Phi) is 3.27. The van der Waals surface area contributed by atoms with Crippen molar-refractivity contribution >= 4 is 40.1 Å². The Balaban J connectivity index is 3.04. The van der Waals surface area contributed by atoms with Crippen molar-refractivity contribution in [3.63, 3.8) is 0 Å². The third-order valence-corrected chi connectivity index (χ3v) is 3.08. The molecule has 0 amide bonds. The second kappa shape index (κ2) is 4.04. The Morgan fingerprint density at radius 1 is 1.42 bits per heavy atom. The molecule has 6 heteroatoms. The second-order valence-corrected chi connectivity index (χ2v) is 5.54. The van der Waals surface area contributed by atoms with Gasteiger partial charge in [0.25, 0.3) is 5.69 Å². The lowest BCUT2D eigenvalue weighted by Crippen LogP contribution is -1.96. The van der Waals surface area contributed by atoms with Gasteiger partial charge in [-0.15, -0.1) is 0 Å². The molecule has 0 spiro atoms. The highest BCUT2D eigenvalue weighted by Crippen LogP contribution is 2.45. The molecule has 0 saturated heterocycles. The molecule has 0 aliphatic rings. The first-order valence-corrected chi connectivity index (χ1v) is 6.12. The fraction of sp³-hybridized carbons (Fsp3) is 0. The maximum absolute atomic E-state index is 10.3. The van der Waals surface area contributed by atoms with E-state index in [0.717, 1.165) is 0 Å². The minimum absolute atomic E-state index is 0.0151. The first kappa shape index (κ1) is 9.72. The number of non-ortho nitro benzene ring substituents is 1. The first-order chi connectivity index (χ1) is 5.61. The van der Waals surface area contributed by atoms with E-state index in [1.807, 2.05) is 0 Å². The molecular weight excluding hydrogens is 220 g/mol. The van der Waals surface area contributed by atoms with Crippen LogP contribution in [0.3, 0.4) is 0 Å². The summed E-state index contributed by atoms with van der Waals surface area (Å²) in [7, 11) is 0. The number of rotatable bonds is 2. The summed E-state index contributed by atoms with van der Waals surface area (Å²) in [5, 5.41) is 10.9. The lowest BCUT2D eigenvalue weighted by molar-refractivity contribution is -0.384. The highest BCUT2D eigenvalue weighted by molar-refractivity contribution is 8.08. The maximum atomic E-state index is 10.3. The van der Waals surface area contributed by atoms with Gasteiger partial charge in [-0.3, -0.25) is 10.1 Å². The van der Waals surface area contributed by atoms with Crippen molar-refractivity contribution in [1.82, 2.24) is 0 Å². The van der Waals surface area contributed by atoms with Crippen LogP contribution in [0.25, 0.3) is 0 Å². The van der Waals surface area contributed by atoms with Gasteiger partial charge in [0.15, 0.2) is 0 Å². The first-order valence-electron chi connectivity index (χ1n) is 2.97. The Hall–Kier alpha value is -0.370. The fourth-order valence-electron chi connectivity index (χ4n) is 0.712. The molecule has 0 atom stereocenters. The van der Waals surface area contributed by atoms with Crippen LogP contribution in [0.5, 0.6) is 0 Å². The van der Waals surface area contributed by atoms with Gasteiger partial charge in [0.2, 0.25) is 0 Å². The van der Waals surface area contributed by atoms with Gasteiger partial charge in [0.1, 0.15) is 6.63 Å². The quantitative estimate of drug-likeness (QED) is 0.440. The summed E-state index contributed by atoms with van der Waals surface area (Å²) >= 11 is 11.2. The highest BCUT2D eigenvalue weighted by Gasteiger charge is 2.09. The molecule has 0 bridgehead atoms. The molecule has 0 aliphatic heterocycles. The average Bonchev–Trinajstić information content (AvgIpc) is 2.04. The van der Waals surface area contributed by atoms with Crippen LogP contribution >= 0.6 is 29.1 Å². The summed E-state index contributed by atoms with van der Waals surface area (Å²) in [6, 6.07) is 6.01. The Labute approximate surface area is 79.8 Å². The third kappa shape index (κ3) is 2.31. The van der Waals surface area contributed by atoms with E-state index in [0.29, 0.717) is 5.30 Å². The van der Waals surface area contributed by atoms with E-state index in [2.05, 4.69) is 0 Å². The molecule has 64 valence electrons. The van der Waals surface area contributed by atoms with Crippen molar-refractivity contribution in [2.24, 2.45) is 0 Å². The molecule has 12 heavy (non-hydrogen) atoms. The van der Waals surface area contributed by atoms with Crippen LogP contribution in [0.1, 0.15) is 0 Å². The molecule has 0 N–H and O–H groups in total. The molecule has 1 aromatic carbocycles. The SMILES string of the molecule is O=[N+]([O-])c1cccc(P(Cl)Cl)c1. The van der Waals surface area contributed by atoms with Crippen LogP contribution in [0, 0.1) is 10.1 Å². The van der Waals surface area contributed by atoms with Crippen LogP contribution < -0.4 is 5.30 Å². The van der Waals surface area contributed by atoms with Crippen molar-refractivity contribution in [2.45, 2.75) is 0 Å². The molecule has 1 aromatic rings. The number of hydrogen-bond donors (Lipinski definition) is 0. The molecule has 0 fully saturated rings. The average molecular weight is 224 g/mol. The van der Waals surface area contributed by atoms with E-state index in [-0.39, 0.29) is 5.69 Å². The predicted molar refractivity (Wildman–Crippen MR) is 51.4 cm³/mol. The molecule has 1 rings (SSSR count). The molecule has 0 saturated carbocycles. The van der Waals surface area contributed by atoms with Crippen LogP contribution in [0.2, 0.25) is 0 Å². The van der Waals surface area contributed by atoms with E-state index < -0.39 is 11.6 Å². The zero-order valence-corrected chi connectivity index (χ0v) is 8.18. The minimum Gasteiger partial charge on any atom is -0.258 e. The number of nitro benzene ring substituents is 1. The summed E-state index contributed by atoms with van der Waals surface area (Å²) in [6.45, 7) is -1.30. The Morgan fingerprint density at radius 3 is 2.58 bits per heavy atom. The van der Waals surface area contributed by atoms with Crippen molar-refractivity contribution in [3.8, 4) is 0 Å². The standard InChI is InChI=1S/C6H4Cl2NO2P/c7-12(8)6-3-1-2-5(4-6)9(10)11/h1-4H. The van der Waals surface area contributed by atoms with E-state index in [1.165, 1.54) is 12.1 Å². The molecule has 0 heterocycles. The second-order valence-electron chi connectivity index (χ2n) is 2.01. The maximum Gasteiger partial charge on any atom is 0.270 e. The molecule has 0 aliphatic carbocycles. The van der Waals surface area contributed by atoms with Gasteiger partial charge < -0.3 is 0 Å². The lowest BCUT2D eigenvalue weighted by Gasteiger charge is -1.98. The van der Waals surface area contributed by atoms with Crippen molar-refractivity contribution in [2.75, 3.05) is 0 Å². The van der Waals surface area contributed by atoms with Gasteiger partial charge in [0.05, 0.1) is 4.92 Å². The van der Waals surface area contributed by atoms with Gasteiger partial charge in [-0.25, -0.2) is 0 Å². The number of benzene rings is 1. The topological polar surface area (TPSA) is 43.1 Å². The van der Waals surface area contributed by atoms with E-state index in [9.17, 15) is 10.1 Å². The summed E-state index contributed by atoms with van der Waals surface area (Å²) < 4.78 is 0. The lowest BCUT2D eigenvalue weighted by atomic mass is 10.3. The molecule has 0 unspecified atom stereocenters. The van der Waals surface area contributed by atoms with E-state index in [1.54, 1.807) is 12.1 Å². The van der Waals surface area contributed by atoms with Crippen LogP contribution in [0.15, 0.2) is 24.3 Å². The highest BCUT2D eigenvalue weighted by atomic mass is 35.9. The number of nitro groups is 1. The predicted octanol–water partition coefficient (Wildman–Crippen LogP) is 3.01. The summed E-state index contributed by atoms with van der Waals surface area (Å²) in [4.78, 5) is 9.83. The van der Waals surface area contributed by atoms with Crippen molar-refractivity contribution in [3.05, 3.63) is 34.4 Å². The van der Waals surface area contributed by atoms with E-state index in [4.69, 9.17) is 22.5 Å². The van der Waals surface area contributed by atoms with Crippen LogP contribution in [0.4, 0.5) is 5.69 Å². The largest absolute Gasteiger partial charge is 0.270 e. The van der Waals surface area contributed by atoms with Crippen LogP contribution in [-0.4, -0.2) is 4.92 Å². The third-order valence-electron chi connectivity index (χ3n) is 1.24. The Morgan fingerprint density at radius 2 is 2.08 bits per heavy atom. The van der Waals surface area contributed by atoms with E-state index >= 15 is 0 Å². The zero-order valence-electron chi connectivity index (χ0n) is 5.78. The molecular formula is C6H4Cl2NO2P. The monoisotopic (exact) mass is 223 g/mol. The minimum atomic E-state index is -1.30. The smallest absolute Gasteiger partial charge is 0.258 e. The molecule has 3 nitrogen and oxygen atoms in total. The number of hydrogen-bond acceptors (Lipinski definition) is 2. The number of nitrogens with zero attached hydrogens (tertiary/aromatic N) is 1. The van der Waals surface area contributed by atoms with Crippen molar-refractivity contribution in [1.29, 1.82) is 0 Å². The summed E-state index contributed by atoms with van der Waals surface area (Å²) in [6.07, 6.45) is 0. The number of halogens is 2. The fourth-order valence-corrected chi connectivity index (χ4v) is 1.77.